The number of aromatic nitrogens is 5. The molecule has 9 aromatic rings. The fraction of sp³-hybridized carbons (Fsp3) is 0.0755. The van der Waals surface area contributed by atoms with Gasteiger partial charge in [0.15, 0.2) is 17.5 Å². The van der Waals surface area contributed by atoms with E-state index in [2.05, 4.69) is 84.2 Å². The smallest absolute Gasteiger partial charge is 0.164 e. The van der Waals surface area contributed by atoms with Crippen LogP contribution in [0.3, 0.4) is 0 Å². The second-order valence-corrected chi connectivity index (χ2v) is 20.9. The van der Waals surface area contributed by atoms with E-state index in [9.17, 15) is 2.74 Å². The molecule has 6 aromatic carbocycles. The first-order chi connectivity index (χ1) is 30.5. The minimum Gasteiger partial charge on any atom is -0.264 e. The maximum absolute atomic E-state index is 9.26. The van der Waals surface area contributed by atoms with Crippen LogP contribution in [0.5, 0.6) is 0 Å². The summed E-state index contributed by atoms with van der Waals surface area (Å²) in [6.45, 7) is 6.17. The predicted molar refractivity (Wildman–Crippen MR) is 243 cm³/mol. The van der Waals surface area contributed by atoms with Crippen LogP contribution in [0, 0.1) is 0 Å². The molecule has 1 aliphatic rings. The average molecular weight is 780 g/mol. The second kappa shape index (κ2) is 14.7. The first-order valence-corrected chi connectivity index (χ1v) is 23.2. The van der Waals surface area contributed by atoms with Crippen molar-refractivity contribution in [2.24, 2.45) is 0 Å². The van der Waals surface area contributed by atoms with E-state index in [-0.39, 0.29) is 24.2 Å². The summed E-state index contributed by atoms with van der Waals surface area (Å²) < 4.78 is 36.7. The van der Waals surface area contributed by atoms with Crippen LogP contribution in [0.15, 0.2) is 195 Å². The summed E-state index contributed by atoms with van der Waals surface area (Å²) in [7, 11) is -2.21. The Hall–Kier alpha value is -7.15. The molecular formula is C53H41N5Si. The lowest BCUT2D eigenvalue weighted by Gasteiger charge is -2.33. The molecule has 0 atom stereocenters. The number of fused-ring (bicyclic) bond motifs is 3. The molecule has 0 N–H and O–H groups in total. The van der Waals surface area contributed by atoms with Crippen LogP contribution in [0.25, 0.3) is 67.5 Å². The summed E-state index contributed by atoms with van der Waals surface area (Å²) in [5.74, 6) is 1.76. The van der Waals surface area contributed by atoms with Gasteiger partial charge in [-0.05, 0) is 86.0 Å². The Kier molecular flexibility index (Phi) is 7.92. The van der Waals surface area contributed by atoms with Gasteiger partial charge in [-0.15, -0.1) is 0 Å². The Morgan fingerprint density at radius 1 is 0.424 bits per heavy atom. The third-order valence-corrected chi connectivity index (χ3v) is 12.9. The van der Waals surface area contributed by atoms with Crippen molar-refractivity contribution >= 4 is 13.3 Å². The third kappa shape index (κ3) is 6.48. The summed E-state index contributed by atoms with van der Waals surface area (Å²) in [6.07, 6.45) is 7.35. The molecule has 10 rings (SSSR count). The molecule has 0 bridgehead atoms. The summed E-state index contributed by atoms with van der Waals surface area (Å²) in [5, 5.41) is 0.537. The molecule has 0 unspecified atom stereocenters. The maximum atomic E-state index is 9.26. The molecule has 0 radical (unpaired) electrons. The van der Waals surface area contributed by atoms with E-state index in [4.69, 9.17) is 17.7 Å². The van der Waals surface area contributed by atoms with Crippen molar-refractivity contribution < 1.29 is 5.48 Å². The molecule has 0 fully saturated rings. The second-order valence-electron chi connectivity index (χ2n) is 15.9. The number of pyridine rings is 2. The Balaban J connectivity index is 1.17. The first-order valence-electron chi connectivity index (χ1n) is 21.7. The van der Waals surface area contributed by atoms with Crippen molar-refractivity contribution in [3.8, 4) is 67.5 Å². The molecule has 0 saturated heterocycles. The number of rotatable bonds is 8. The SMILES string of the molecule is [2H]c1c([2H])c([Si](C)(C)C)c([2H])c([2H])c1-c1ccc2c(c1)C(c1cccnc1)(c1cccnc1)c1cc(-c3cccc(-c4nc(-c5ccccc5)nc(-c5ccccc5)n4)c3)ccc1-2. The van der Waals surface area contributed by atoms with E-state index in [0.29, 0.717) is 33.8 Å². The standard InChI is InChI=1S/C53H41N5Si/c1-59(2,3)45-25-21-36(22-26-45)40-23-27-46-47-28-24-41(33-49(47)53(48(46)32-40,43-19-11-29-54-34-43)44-20-12-30-55-35-44)39-17-10-18-42(31-39)52-57-50(37-13-6-4-7-14-37)56-51(58-52)38-15-8-5-9-16-38/h4-35H,1-3H3/i21D,22D,25D,26D. The van der Waals surface area contributed by atoms with E-state index in [0.717, 1.165) is 61.2 Å². The molecule has 3 heterocycles. The van der Waals surface area contributed by atoms with Gasteiger partial charge >= 0.3 is 0 Å². The van der Waals surface area contributed by atoms with Gasteiger partial charge < -0.3 is 0 Å². The molecule has 59 heavy (non-hydrogen) atoms. The highest BCUT2D eigenvalue weighted by molar-refractivity contribution is 6.88. The molecule has 3 aromatic heterocycles. The molecule has 0 amide bonds. The van der Waals surface area contributed by atoms with Crippen LogP contribution in [0.1, 0.15) is 27.7 Å². The molecule has 282 valence electrons. The van der Waals surface area contributed by atoms with Crippen molar-refractivity contribution in [3.05, 3.63) is 217 Å². The van der Waals surface area contributed by atoms with Crippen LogP contribution in [0.4, 0.5) is 0 Å². The van der Waals surface area contributed by atoms with Gasteiger partial charge in [-0.3, -0.25) is 9.97 Å². The Morgan fingerprint density at radius 2 is 0.881 bits per heavy atom. The topological polar surface area (TPSA) is 64.5 Å². The highest BCUT2D eigenvalue weighted by Gasteiger charge is 2.47. The van der Waals surface area contributed by atoms with Gasteiger partial charge in [-0.1, -0.05) is 164 Å². The van der Waals surface area contributed by atoms with Crippen LogP contribution < -0.4 is 5.19 Å². The Bertz CT molecular complexity index is 3070. The van der Waals surface area contributed by atoms with Gasteiger partial charge in [0, 0.05) is 41.5 Å². The van der Waals surface area contributed by atoms with Crippen LogP contribution in [0.2, 0.25) is 19.6 Å². The van der Waals surface area contributed by atoms with E-state index >= 15 is 0 Å². The zero-order valence-corrected chi connectivity index (χ0v) is 33.9. The van der Waals surface area contributed by atoms with Crippen LogP contribution in [-0.4, -0.2) is 33.0 Å². The van der Waals surface area contributed by atoms with Crippen molar-refractivity contribution in [2.75, 3.05) is 0 Å². The molecule has 5 nitrogen and oxygen atoms in total. The summed E-state index contributed by atoms with van der Waals surface area (Å²) in [6, 6.07) is 49.0. The minimum atomic E-state index is -2.21. The van der Waals surface area contributed by atoms with Crippen molar-refractivity contribution in [3.63, 3.8) is 0 Å². The van der Waals surface area contributed by atoms with Crippen LogP contribution >= 0.6 is 0 Å². The monoisotopic (exact) mass is 779 g/mol. The average Bonchev–Trinajstić information content (AvgIpc) is 3.61. The summed E-state index contributed by atoms with van der Waals surface area (Å²) >= 11 is 0. The molecule has 0 aliphatic heterocycles. The van der Waals surface area contributed by atoms with E-state index in [1.807, 2.05) is 103 Å². The number of benzene rings is 6. The molecule has 0 spiro atoms. The molecule has 6 heteroatoms. The number of nitrogens with zero attached hydrogens (tertiary/aromatic N) is 5. The van der Waals surface area contributed by atoms with Gasteiger partial charge in [0.05, 0.1) is 19.0 Å². The summed E-state index contributed by atoms with van der Waals surface area (Å²) in [4.78, 5) is 24.2. The van der Waals surface area contributed by atoms with E-state index < -0.39 is 13.5 Å². The highest BCUT2D eigenvalue weighted by Crippen LogP contribution is 2.57. The zero-order chi connectivity index (χ0) is 43.5. The van der Waals surface area contributed by atoms with Crippen molar-refractivity contribution in [2.45, 2.75) is 25.1 Å². The first kappa shape index (κ1) is 31.9. The van der Waals surface area contributed by atoms with Gasteiger partial charge in [0.2, 0.25) is 0 Å². The number of hydrogen-bond donors (Lipinski definition) is 0. The lowest BCUT2D eigenvalue weighted by Crippen LogP contribution is -2.37. The maximum Gasteiger partial charge on any atom is 0.164 e. The van der Waals surface area contributed by atoms with Gasteiger partial charge in [-0.2, -0.15) is 0 Å². The highest BCUT2D eigenvalue weighted by atomic mass is 28.3. The van der Waals surface area contributed by atoms with Gasteiger partial charge in [0.25, 0.3) is 0 Å². The lowest BCUT2D eigenvalue weighted by atomic mass is 9.68. The Labute approximate surface area is 351 Å². The fourth-order valence-corrected chi connectivity index (χ4v) is 9.10. The Morgan fingerprint density at radius 3 is 1.37 bits per heavy atom. The van der Waals surface area contributed by atoms with E-state index in [1.165, 1.54) is 0 Å². The third-order valence-electron chi connectivity index (χ3n) is 11.1. The minimum absolute atomic E-state index is 0.0237. The molecule has 1 aliphatic carbocycles. The van der Waals surface area contributed by atoms with Crippen molar-refractivity contribution in [1.82, 2.24) is 24.9 Å². The van der Waals surface area contributed by atoms with E-state index in [1.54, 1.807) is 12.4 Å². The van der Waals surface area contributed by atoms with Gasteiger partial charge in [0.1, 0.15) is 0 Å². The number of hydrogen-bond acceptors (Lipinski definition) is 5. The quantitative estimate of drug-likeness (QED) is 0.144. The van der Waals surface area contributed by atoms with Gasteiger partial charge in [-0.25, -0.2) is 15.0 Å². The van der Waals surface area contributed by atoms with Crippen LogP contribution in [-0.2, 0) is 5.41 Å². The summed E-state index contributed by atoms with van der Waals surface area (Å²) in [5.41, 5.74) is 10.5. The fourth-order valence-electron chi connectivity index (χ4n) is 8.22. The zero-order valence-electron chi connectivity index (χ0n) is 36.9. The largest absolute Gasteiger partial charge is 0.264 e. The predicted octanol–water partition coefficient (Wildman–Crippen LogP) is 11.9. The molecular weight excluding hydrogens is 735 g/mol. The lowest BCUT2D eigenvalue weighted by molar-refractivity contribution is 0.758. The normalized spacial score (nSPS) is 13.7. The van der Waals surface area contributed by atoms with Crippen molar-refractivity contribution in [1.29, 1.82) is 0 Å². The molecule has 0 saturated carbocycles.